The SMILES string of the molecule is CCCNCC(C)S(=O)(=O)N(C)CC1CC1C. The van der Waals surface area contributed by atoms with E-state index in [9.17, 15) is 8.42 Å². The van der Waals surface area contributed by atoms with Crippen LogP contribution in [-0.2, 0) is 10.0 Å². The summed E-state index contributed by atoms with van der Waals surface area (Å²) in [6, 6.07) is 0. The zero-order valence-corrected chi connectivity index (χ0v) is 12.3. The maximum Gasteiger partial charge on any atom is 0.217 e. The van der Waals surface area contributed by atoms with E-state index in [0.29, 0.717) is 24.9 Å². The fourth-order valence-corrected chi connectivity index (χ4v) is 3.32. The first-order valence-electron chi connectivity index (χ1n) is 6.55. The Kier molecular flexibility index (Phi) is 5.41. The van der Waals surface area contributed by atoms with Gasteiger partial charge in [-0.05, 0) is 38.1 Å². The normalized spacial score (nSPS) is 26.2. The summed E-state index contributed by atoms with van der Waals surface area (Å²) in [7, 11) is -1.42. The molecule has 3 unspecified atom stereocenters. The topological polar surface area (TPSA) is 49.4 Å². The Bertz CT molecular complexity index is 329. The van der Waals surface area contributed by atoms with Gasteiger partial charge in [-0.3, -0.25) is 0 Å². The zero-order chi connectivity index (χ0) is 13.1. The van der Waals surface area contributed by atoms with Crippen molar-refractivity contribution in [1.29, 1.82) is 0 Å². The standard InChI is InChI=1S/C12H26N2O2S/c1-5-6-13-8-11(3)17(15,16)14(4)9-12-7-10(12)2/h10-13H,5-9H2,1-4H3. The lowest BCUT2D eigenvalue weighted by atomic mass is 10.3. The van der Waals surface area contributed by atoms with Gasteiger partial charge in [0.2, 0.25) is 10.0 Å². The Labute approximate surface area is 106 Å². The monoisotopic (exact) mass is 262 g/mol. The van der Waals surface area contributed by atoms with E-state index in [2.05, 4.69) is 19.2 Å². The fourth-order valence-electron chi connectivity index (χ4n) is 1.98. The van der Waals surface area contributed by atoms with Gasteiger partial charge in [0.05, 0.1) is 5.25 Å². The van der Waals surface area contributed by atoms with Crippen LogP contribution in [0.15, 0.2) is 0 Å². The number of hydrogen-bond donors (Lipinski definition) is 1. The Morgan fingerprint density at radius 1 is 1.47 bits per heavy atom. The minimum Gasteiger partial charge on any atom is -0.315 e. The molecule has 1 saturated carbocycles. The van der Waals surface area contributed by atoms with Crippen LogP contribution in [-0.4, -0.2) is 44.7 Å². The molecule has 0 aromatic carbocycles. The molecule has 0 aromatic heterocycles. The highest BCUT2D eigenvalue weighted by atomic mass is 32.2. The second-order valence-corrected chi connectivity index (χ2v) is 7.77. The molecule has 102 valence electrons. The number of sulfonamides is 1. The van der Waals surface area contributed by atoms with Crippen LogP contribution in [0.4, 0.5) is 0 Å². The predicted molar refractivity (Wildman–Crippen MR) is 71.4 cm³/mol. The second kappa shape index (κ2) is 6.16. The Balaban J connectivity index is 2.41. The molecule has 17 heavy (non-hydrogen) atoms. The van der Waals surface area contributed by atoms with Crippen molar-refractivity contribution >= 4 is 10.0 Å². The lowest BCUT2D eigenvalue weighted by Crippen LogP contribution is -2.41. The average Bonchev–Trinajstić information content (AvgIpc) is 2.94. The van der Waals surface area contributed by atoms with E-state index >= 15 is 0 Å². The summed E-state index contributed by atoms with van der Waals surface area (Å²) in [6.07, 6.45) is 2.20. The van der Waals surface area contributed by atoms with Gasteiger partial charge in [-0.2, -0.15) is 0 Å². The molecule has 1 aliphatic carbocycles. The largest absolute Gasteiger partial charge is 0.315 e. The molecule has 0 aliphatic heterocycles. The molecule has 0 amide bonds. The zero-order valence-electron chi connectivity index (χ0n) is 11.4. The third-order valence-corrected chi connectivity index (χ3v) is 5.77. The molecule has 1 rings (SSSR count). The summed E-state index contributed by atoms with van der Waals surface area (Å²) >= 11 is 0. The fraction of sp³-hybridized carbons (Fsp3) is 1.00. The van der Waals surface area contributed by atoms with Crippen molar-refractivity contribution in [1.82, 2.24) is 9.62 Å². The maximum absolute atomic E-state index is 12.2. The molecule has 1 aliphatic rings. The van der Waals surface area contributed by atoms with Crippen LogP contribution in [0.5, 0.6) is 0 Å². The molecule has 0 saturated heterocycles. The number of nitrogens with one attached hydrogen (secondary N) is 1. The minimum atomic E-state index is -3.13. The number of nitrogens with zero attached hydrogens (tertiary/aromatic N) is 1. The minimum absolute atomic E-state index is 0.340. The Hall–Kier alpha value is -0.130. The summed E-state index contributed by atoms with van der Waals surface area (Å²) in [6.45, 7) is 8.14. The van der Waals surface area contributed by atoms with Crippen LogP contribution in [0.1, 0.15) is 33.6 Å². The van der Waals surface area contributed by atoms with E-state index < -0.39 is 10.0 Å². The smallest absolute Gasteiger partial charge is 0.217 e. The molecule has 4 nitrogen and oxygen atoms in total. The lowest BCUT2D eigenvalue weighted by molar-refractivity contribution is 0.434. The lowest BCUT2D eigenvalue weighted by Gasteiger charge is -2.22. The van der Waals surface area contributed by atoms with Crippen LogP contribution in [0, 0.1) is 11.8 Å². The highest BCUT2D eigenvalue weighted by Crippen LogP contribution is 2.38. The van der Waals surface area contributed by atoms with Crippen molar-refractivity contribution in [2.45, 2.75) is 38.9 Å². The third-order valence-electron chi connectivity index (χ3n) is 3.57. The third kappa shape index (κ3) is 4.23. The van der Waals surface area contributed by atoms with Crippen LogP contribution in [0.25, 0.3) is 0 Å². The molecule has 0 aromatic rings. The summed E-state index contributed by atoms with van der Waals surface area (Å²) in [5.74, 6) is 1.27. The van der Waals surface area contributed by atoms with Crippen molar-refractivity contribution in [2.75, 3.05) is 26.7 Å². The van der Waals surface area contributed by atoms with Crippen molar-refractivity contribution < 1.29 is 8.42 Å². The predicted octanol–water partition coefficient (Wildman–Crippen LogP) is 1.29. The average molecular weight is 262 g/mol. The van der Waals surface area contributed by atoms with Crippen LogP contribution in [0.3, 0.4) is 0 Å². The molecule has 1 fully saturated rings. The summed E-state index contributed by atoms with van der Waals surface area (Å²) in [5, 5.41) is 2.83. The first-order chi connectivity index (χ1) is 7.89. The van der Waals surface area contributed by atoms with Crippen molar-refractivity contribution in [3.05, 3.63) is 0 Å². The molecule has 1 N–H and O–H groups in total. The van der Waals surface area contributed by atoms with E-state index in [0.717, 1.165) is 13.0 Å². The van der Waals surface area contributed by atoms with Gasteiger partial charge >= 0.3 is 0 Å². The van der Waals surface area contributed by atoms with Gasteiger partial charge in [-0.25, -0.2) is 12.7 Å². The molecule has 3 atom stereocenters. The Morgan fingerprint density at radius 3 is 2.53 bits per heavy atom. The molecule has 0 spiro atoms. The van der Waals surface area contributed by atoms with Crippen molar-refractivity contribution in [3.63, 3.8) is 0 Å². The Morgan fingerprint density at radius 2 is 2.06 bits per heavy atom. The first-order valence-corrected chi connectivity index (χ1v) is 8.05. The second-order valence-electron chi connectivity index (χ2n) is 5.31. The first kappa shape index (κ1) is 14.9. The van der Waals surface area contributed by atoms with Gasteiger partial charge in [-0.15, -0.1) is 0 Å². The van der Waals surface area contributed by atoms with Gasteiger partial charge in [0.15, 0.2) is 0 Å². The van der Waals surface area contributed by atoms with E-state index in [-0.39, 0.29) is 5.25 Å². The summed E-state index contributed by atoms with van der Waals surface area (Å²) in [5.41, 5.74) is 0. The molecular formula is C12H26N2O2S. The summed E-state index contributed by atoms with van der Waals surface area (Å²) < 4.78 is 25.9. The van der Waals surface area contributed by atoms with Gasteiger partial charge in [0.1, 0.15) is 0 Å². The molecule has 0 heterocycles. The van der Waals surface area contributed by atoms with Crippen LogP contribution >= 0.6 is 0 Å². The quantitative estimate of drug-likeness (QED) is 0.671. The molecule has 0 bridgehead atoms. The van der Waals surface area contributed by atoms with Gasteiger partial charge in [0.25, 0.3) is 0 Å². The number of rotatable bonds is 8. The number of hydrogen-bond acceptors (Lipinski definition) is 3. The summed E-state index contributed by atoms with van der Waals surface area (Å²) in [4.78, 5) is 0. The van der Waals surface area contributed by atoms with E-state index in [1.54, 1.807) is 18.3 Å². The molecule has 0 radical (unpaired) electrons. The maximum atomic E-state index is 12.2. The van der Waals surface area contributed by atoms with Crippen LogP contribution in [0.2, 0.25) is 0 Å². The molecule has 5 heteroatoms. The van der Waals surface area contributed by atoms with Crippen molar-refractivity contribution in [3.8, 4) is 0 Å². The van der Waals surface area contributed by atoms with Gasteiger partial charge in [-0.1, -0.05) is 13.8 Å². The van der Waals surface area contributed by atoms with E-state index in [4.69, 9.17) is 0 Å². The highest BCUT2D eigenvalue weighted by Gasteiger charge is 2.36. The molecular weight excluding hydrogens is 236 g/mol. The highest BCUT2D eigenvalue weighted by molar-refractivity contribution is 7.89. The van der Waals surface area contributed by atoms with Gasteiger partial charge in [0, 0.05) is 20.1 Å². The van der Waals surface area contributed by atoms with Crippen LogP contribution < -0.4 is 5.32 Å². The van der Waals surface area contributed by atoms with E-state index in [1.165, 1.54) is 6.42 Å². The van der Waals surface area contributed by atoms with Gasteiger partial charge < -0.3 is 5.32 Å². The van der Waals surface area contributed by atoms with E-state index in [1.807, 2.05) is 0 Å². The van der Waals surface area contributed by atoms with Crippen molar-refractivity contribution in [2.24, 2.45) is 11.8 Å².